The van der Waals surface area contributed by atoms with E-state index in [2.05, 4.69) is 17.6 Å². The summed E-state index contributed by atoms with van der Waals surface area (Å²) in [5.74, 6) is -0.998. The van der Waals surface area contributed by atoms with E-state index in [0.29, 0.717) is 11.7 Å². The van der Waals surface area contributed by atoms with Crippen molar-refractivity contribution in [1.82, 2.24) is 0 Å². The van der Waals surface area contributed by atoms with Gasteiger partial charge >= 0.3 is 0 Å². The van der Waals surface area contributed by atoms with Crippen molar-refractivity contribution in [3.8, 4) is 0 Å². The van der Waals surface area contributed by atoms with Crippen molar-refractivity contribution in [2.75, 3.05) is 22.6 Å². The van der Waals surface area contributed by atoms with Crippen LogP contribution in [0.1, 0.15) is 18.9 Å². The largest absolute Gasteiger partial charge is 0.381 e. The van der Waals surface area contributed by atoms with Gasteiger partial charge in [-0.25, -0.2) is 8.42 Å². The first-order chi connectivity index (χ1) is 8.85. The molecule has 1 aromatic rings. The van der Waals surface area contributed by atoms with Crippen LogP contribution in [0.15, 0.2) is 18.2 Å². The molecule has 1 amide bonds. The van der Waals surface area contributed by atoms with E-state index < -0.39 is 21.5 Å². The molecule has 0 bridgehead atoms. The highest BCUT2D eigenvalue weighted by molar-refractivity contribution is 7.91. The zero-order valence-corrected chi connectivity index (χ0v) is 11.9. The molecule has 2 N–H and O–H groups in total. The zero-order chi connectivity index (χ0) is 14.0. The topological polar surface area (TPSA) is 75.3 Å². The number of amides is 1. The monoisotopic (exact) mass is 282 g/mol. The summed E-state index contributed by atoms with van der Waals surface area (Å²) in [6.45, 7) is 2.08. The van der Waals surface area contributed by atoms with E-state index in [4.69, 9.17) is 0 Å². The first-order valence-corrected chi connectivity index (χ1v) is 8.27. The van der Waals surface area contributed by atoms with Crippen molar-refractivity contribution in [3.05, 3.63) is 23.8 Å². The van der Waals surface area contributed by atoms with E-state index in [1.165, 1.54) is 0 Å². The number of fused-ring (bicyclic) bond motifs is 1. The summed E-state index contributed by atoms with van der Waals surface area (Å²) < 4.78 is 22.2. The van der Waals surface area contributed by atoms with Crippen LogP contribution >= 0.6 is 0 Å². The molecule has 0 fully saturated rings. The lowest BCUT2D eigenvalue weighted by Crippen LogP contribution is -2.26. The lowest BCUT2D eigenvalue weighted by molar-refractivity contribution is -0.113. The van der Waals surface area contributed by atoms with Crippen molar-refractivity contribution in [3.63, 3.8) is 0 Å². The number of sulfone groups is 1. The highest BCUT2D eigenvalue weighted by Crippen LogP contribution is 2.32. The molecule has 5 nitrogen and oxygen atoms in total. The van der Waals surface area contributed by atoms with Gasteiger partial charge in [-0.2, -0.15) is 0 Å². The molecule has 0 radical (unpaired) electrons. The zero-order valence-electron chi connectivity index (χ0n) is 11.1. The van der Waals surface area contributed by atoms with Crippen LogP contribution in [0.25, 0.3) is 0 Å². The third-order valence-corrected chi connectivity index (χ3v) is 3.84. The molecular weight excluding hydrogens is 264 g/mol. The Morgan fingerprint density at radius 1 is 1.47 bits per heavy atom. The fourth-order valence-electron chi connectivity index (χ4n) is 2.20. The Balaban J connectivity index is 2.20. The molecule has 1 atom stereocenters. The van der Waals surface area contributed by atoms with Crippen LogP contribution < -0.4 is 10.6 Å². The number of rotatable bonds is 3. The molecule has 0 aromatic heterocycles. The van der Waals surface area contributed by atoms with Crippen molar-refractivity contribution in [2.24, 2.45) is 0 Å². The Morgan fingerprint density at radius 2 is 2.21 bits per heavy atom. The van der Waals surface area contributed by atoms with E-state index in [1.807, 2.05) is 12.1 Å². The number of hydrogen-bond acceptors (Lipinski definition) is 4. The molecule has 0 saturated carbocycles. The van der Waals surface area contributed by atoms with E-state index in [9.17, 15) is 13.2 Å². The Hall–Kier alpha value is -1.56. The molecule has 1 heterocycles. The predicted octanol–water partition coefficient (Wildman–Crippen LogP) is 1.42. The van der Waals surface area contributed by atoms with Crippen LogP contribution in [0.2, 0.25) is 0 Å². The molecule has 1 aliphatic heterocycles. The Labute approximate surface area is 113 Å². The number of aryl methyl sites for hydroxylation is 1. The fraction of sp³-hybridized carbons (Fsp3) is 0.462. The standard InChI is InChI=1S/C13H18N2O3S/c1-9-6-7-10-4-3-5-11(13(10)14-9)15-12(16)8-19(2,17)18/h3-5,9,14H,6-8H2,1-2H3,(H,15,16). The van der Waals surface area contributed by atoms with Gasteiger partial charge in [0.25, 0.3) is 0 Å². The smallest absolute Gasteiger partial charge is 0.239 e. The van der Waals surface area contributed by atoms with E-state index in [0.717, 1.165) is 30.3 Å². The number of para-hydroxylation sites is 1. The maximum Gasteiger partial charge on any atom is 0.239 e. The van der Waals surface area contributed by atoms with Crippen LogP contribution in [0.5, 0.6) is 0 Å². The average Bonchev–Trinajstić information content (AvgIpc) is 2.27. The van der Waals surface area contributed by atoms with Gasteiger partial charge in [0.1, 0.15) is 5.75 Å². The Bertz CT molecular complexity index is 596. The van der Waals surface area contributed by atoms with Gasteiger partial charge in [0, 0.05) is 12.3 Å². The molecule has 1 unspecified atom stereocenters. The van der Waals surface area contributed by atoms with Crippen molar-refractivity contribution >= 4 is 27.1 Å². The lowest BCUT2D eigenvalue weighted by Gasteiger charge is -2.26. The lowest BCUT2D eigenvalue weighted by atomic mass is 9.98. The van der Waals surface area contributed by atoms with Gasteiger partial charge in [0.2, 0.25) is 5.91 Å². The van der Waals surface area contributed by atoms with Crippen molar-refractivity contribution < 1.29 is 13.2 Å². The van der Waals surface area contributed by atoms with E-state index >= 15 is 0 Å². The molecule has 19 heavy (non-hydrogen) atoms. The second-order valence-electron chi connectivity index (χ2n) is 5.04. The number of carbonyl (C=O) groups excluding carboxylic acids is 1. The Kier molecular flexibility index (Phi) is 3.80. The normalized spacial score (nSPS) is 18.3. The molecular formula is C13H18N2O3S. The average molecular weight is 282 g/mol. The summed E-state index contributed by atoms with van der Waals surface area (Å²) in [6.07, 6.45) is 3.06. The summed E-state index contributed by atoms with van der Waals surface area (Å²) in [5, 5.41) is 6.00. The first kappa shape index (κ1) is 13.9. The van der Waals surface area contributed by atoms with Gasteiger partial charge < -0.3 is 10.6 Å². The Morgan fingerprint density at radius 3 is 2.89 bits per heavy atom. The number of benzene rings is 1. The third-order valence-electron chi connectivity index (χ3n) is 3.06. The fourth-order valence-corrected chi connectivity index (χ4v) is 2.75. The predicted molar refractivity (Wildman–Crippen MR) is 76.2 cm³/mol. The van der Waals surface area contributed by atoms with Crippen LogP contribution in [0.4, 0.5) is 11.4 Å². The minimum atomic E-state index is -3.31. The number of anilines is 2. The van der Waals surface area contributed by atoms with Gasteiger partial charge in [0.05, 0.1) is 11.4 Å². The van der Waals surface area contributed by atoms with Crippen LogP contribution in [-0.4, -0.2) is 32.4 Å². The third kappa shape index (κ3) is 3.70. The van der Waals surface area contributed by atoms with E-state index in [-0.39, 0.29) is 0 Å². The minimum Gasteiger partial charge on any atom is -0.381 e. The summed E-state index contributed by atoms with van der Waals surface area (Å²) in [7, 11) is -3.31. The molecule has 0 saturated heterocycles. The number of carbonyl (C=O) groups is 1. The van der Waals surface area contributed by atoms with Gasteiger partial charge in [-0.1, -0.05) is 12.1 Å². The van der Waals surface area contributed by atoms with Crippen molar-refractivity contribution in [1.29, 1.82) is 0 Å². The summed E-state index contributed by atoms with van der Waals surface area (Å²) in [6, 6.07) is 6.01. The summed E-state index contributed by atoms with van der Waals surface area (Å²) >= 11 is 0. The van der Waals surface area contributed by atoms with Gasteiger partial charge in [-0.3, -0.25) is 4.79 Å². The highest BCUT2D eigenvalue weighted by Gasteiger charge is 2.19. The summed E-state index contributed by atoms with van der Waals surface area (Å²) in [4.78, 5) is 11.7. The number of hydrogen-bond donors (Lipinski definition) is 2. The molecule has 6 heteroatoms. The first-order valence-electron chi connectivity index (χ1n) is 6.21. The molecule has 0 aliphatic carbocycles. The summed E-state index contributed by atoms with van der Waals surface area (Å²) in [5.41, 5.74) is 2.70. The molecule has 2 rings (SSSR count). The quantitative estimate of drug-likeness (QED) is 0.879. The van der Waals surface area contributed by atoms with Crippen molar-refractivity contribution in [2.45, 2.75) is 25.8 Å². The second kappa shape index (κ2) is 5.21. The molecule has 1 aromatic carbocycles. The molecule has 104 valence electrons. The maximum atomic E-state index is 11.7. The second-order valence-corrected chi connectivity index (χ2v) is 7.18. The molecule has 1 aliphatic rings. The van der Waals surface area contributed by atoms with Gasteiger partial charge in [-0.15, -0.1) is 0 Å². The van der Waals surface area contributed by atoms with Gasteiger partial charge in [-0.05, 0) is 31.4 Å². The van der Waals surface area contributed by atoms with Gasteiger partial charge in [0.15, 0.2) is 9.84 Å². The van der Waals surface area contributed by atoms with Crippen LogP contribution in [0.3, 0.4) is 0 Å². The number of nitrogens with one attached hydrogen (secondary N) is 2. The maximum absolute atomic E-state index is 11.7. The molecule has 0 spiro atoms. The minimum absolute atomic E-state index is 0.348. The SMILES string of the molecule is CC1CCc2cccc(NC(=O)CS(C)(=O)=O)c2N1. The van der Waals surface area contributed by atoms with Crippen LogP contribution in [-0.2, 0) is 21.1 Å². The highest BCUT2D eigenvalue weighted by atomic mass is 32.2. The van der Waals surface area contributed by atoms with E-state index in [1.54, 1.807) is 6.07 Å². The van der Waals surface area contributed by atoms with Crippen LogP contribution in [0, 0.1) is 0 Å².